The van der Waals surface area contributed by atoms with Crippen LogP contribution in [0.5, 0.6) is 0 Å². The molecule has 0 fully saturated rings. The number of aryl methyl sites for hydroxylation is 1. The topological polar surface area (TPSA) is 38.4 Å². The van der Waals surface area contributed by atoms with Gasteiger partial charge in [0.1, 0.15) is 11.5 Å². The summed E-state index contributed by atoms with van der Waals surface area (Å²) in [6, 6.07) is 54.0. The molecule has 0 aliphatic rings. The number of anilines is 3. The van der Waals surface area contributed by atoms with Crippen LogP contribution in [0.4, 0.5) is 17.1 Å². The number of aromatic nitrogens is 4. The van der Waals surface area contributed by atoms with E-state index in [-0.39, 0.29) is 0 Å². The molecule has 0 spiro atoms. The molecule has 4 aromatic heterocycles. The lowest BCUT2D eigenvalue weighted by atomic mass is 10.0. The van der Waals surface area contributed by atoms with E-state index in [9.17, 15) is 0 Å². The summed E-state index contributed by atoms with van der Waals surface area (Å²) in [6.45, 7) is 2.12. The fourth-order valence-corrected chi connectivity index (χ4v) is 7.45. The summed E-state index contributed by atoms with van der Waals surface area (Å²) in [7, 11) is 0. The highest BCUT2D eigenvalue weighted by Crippen LogP contribution is 2.42. The van der Waals surface area contributed by atoms with Gasteiger partial charge in [0, 0.05) is 44.8 Å². The molecule has 0 saturated carbocycles. The number of imidazole rings is 1. The second-order valence-electron chi connectivity index (χ2n) is 12.4. The smallest absolute Gasteiger partial charge is 0.146 e. The van der Waals surface area contributed by atoms with E-state index in [1.807, 2.05) is 12.3 Å². The van der Waals surface area contributed by atoms with Crippen molar-refractivity contribution in [1.29, 1.82) is 0 Å². The predicted octanol–water partition coefficient (Wildman–Crippen LogP) is 11.1. The molecule has 0 unspecified atom stereocenters. The lowest BCUT2D eigenvalue weighted by molar-refractivity contribution is 1.07. The van der Waals surface area contributed by atoms with Crippen LogP contribution in [0.15, 0.2) is 158 Å². The Hall–Kier alpha value is -6.46. The molecule has 0 N–H and O–H groups in total. The third-order valence-electron chi connectivity index (χ3n) is 9.56. The molecular formula is C43H29N5. The second kappa shape index (κ2) is 10.3. The van der Waals surface area contributed by atoms with Crippen LogP contribution in [0, 0.1) is 6.92 Å². The Morgan fingerprint density at radius 2 is 1.12 bits per heavy atom. The van der Waals surface area contributed by atoms with Gasteiger partial charge in [0.2, 0.25) is 0 Å². The molecular weight excluding hydrogens is 587 g/mol. The van der Waals surface area contributed by atoms with Crippen molar-refractivity contribution in [2.75, 3.05) is 4.90 Å². The predicted molar refractivity (Wildman–Crippen MR) is 199 cm³/mol. The highest BCUT2D eigenvalue weighted by Gasteiger charge is 2.20. The molecule has 0 aliphatic carbocycles. The Labute approximate surface area is 276 Å². The minimum Gasteiger partial charge on any atom is -0.310 e. The minimum atomic E-state index is 0.913. The van der Waals surface area contributed by atoms with E-state index < -0.39 is 0 Å². The van der Waals surface area contributed by atoms with Crippen molar-refractivity contribution in [1.82, 2.24) is 18.9 Å². The fraction of sp³-hybridized carbons (Fsp3) is 0.0233. The van der Waals surface area contributed by atoms with Crippen LogP contribution in [0.3, 0.4) is 0 Å². The lowest BCUT2D eigenvalue weighted by Gasteiger charge is -2.26. The first-order valence-corrected chi connectivity index (χ1v) is 16.3. The standard InChI is InChI=1S/C43H29N5/c1-28-23-24-44-42(25-28)47-38-16-8-6-14-34(38)35-22-20-31(27-41(35)47)46(29-11-3-2-4-12-29)30-19-21-32-33-13-5-9-17-39(33)48-40-18-10-7-15-37(40)45-43(48)36(32)26-30/h2-27H,1H3. The molecule has 0 radical (unpaired) electrons. The van der Waals surface area contributed by atoms with Gasteiger partial charge in [-0.2, -0.15) is 0 Å². The van der Waals surface area contributed by atoms with Gasteiger partial charge in [-0.15, -0.1) is 0 Å². The first-order chi connectivity index (χ1) is 23.7. The number of hydrogen-bond acceptors (Lipinski definition) is 3. The van der Waals surface area contributed by atoms with Crippen molar-refractivity contribution >= 4 is 77.2 Å². The van der Waals surface area contributed by atoms with Crippen LogP contribution < -0.4 is 4.90 Å². The third-order valence-corrected chi connectivity index (χ3v) is 9.56. The average Bonchev–Trinajstić information content (AvgIpc) is 3.69. The molecule has 0 bridgehead atoms. The molecule has 0 saturated heterocycles. The normalized spacial score (nSPS) is 11.9. The number of hydrogen-bond donors (Lipinski definition) is 0. The van der Waals surface area contributed by atoms with Crippen LogP contribution in [0.1, 0.15) is 5.56 Å². The van der Waals surface area contributed by atoms with Crippen molar-refractivity contribution in [2.45, 2.75) is 6.92 Å². The van der Waals surface area contributed by atoms with E-state index in [2.05, 4.69) is 166 Å². The molecule has 0 aliphatic heterocycles. The van der Waals surface area contributed by atoms with Crippen LogP contribution in [0.2, 0.25) is 0 Å². The molecule has 0 atom stereocenters. The third kappa shape index (κ3) is 3.91. The van der Waals surface area contributed by atoms with Gasteiger partial charge in [-0.3, -0.25) is 8.97 Å². The number of rotatable bonds is 4. The van der Waals surface area contributed by atoms with Crippen molar-refractivity contribution < 1.29 is 0 Å². The largest absolute Gasteiger partial charge is 0.310 e. The number of fused-ring (bicyclic) bond motifs is 11. The first kappa shape index (κ1) is 26.7. The first-order valence-electron chi connectivity index (χ1n) is 16.3. The van der Waals surface area contributed by atoms with E-state index >= 15 is 0 Å². The van der Waals surface area contributed by atoms with Crippen LogP contribution in [0.25, 0.3) is 66.0 Å². The molecule has 48 heavy (non-hydrogen) atoms. The van der Waals surface area contributed by atoms with Crippen molar-refractivity contribution in [3.63, 3.8) is 0 Å². The van der Waals surface area contributed by atoms with Crippen LogP contribution >= 0.6 is 0 Å². The summed E-state index contributed by atoms with van der Waals surface area (Å²) in [5, 5.41) is 5.91. The highest BCUT2D eigenvalue weighted by atomic mass is 15.1. The summed E-state index contributed by atoms with van der Waals surface area (Å²) in [6.07, 6.45) is 1.89. The van der Waals surface area contributed by atoms with Gasteiger partial charge in [-0.25, -0.2) is 9.97 Å². The molecule has 226 valence electrons. The van der Waals surface area contributed by atoms with Gasteiger partial charge in [0.25, 0.3) is 0 Å². The molecule has 5 heteroatoms. The number of pyridine rings is 2. The minimum absolute atomic E-state index is 0.913. The van der Waals surface area contributed by atoms with E-state index in [0.717, 1.165) is 61.5 Å². The number of nitrogens with zero attached hydrogens (tertiary/aromatic N) is 5. The molecule has 10 rings (SSSR count). The van der Waals surface area contributed by atoms with Crippen LogP contribution in [-0.2, 0) is 0 Å². The summed E-state index contributed by atoms with van der Waals surface area (Å²) >= 11 is 0. The van der Waals surface area contributed by atoms with Crippen molar-refractivity contribution in [2.24, 2.45) is 0 Å². The highest BCUT2D eigenvalue weighted by molar-refractivity contribution is 6.15. The maximum absolute atomic E-state index is 5.19. The van der Waals surface area contributed by atoms with Gasteiger partial charge >= 0.3 is 0 Å². The lowest BCUT2D eigenvalue weighted by Crippen LogP contribution is -2.10. The Morgan fingerprint density at radius 1 is 0.479 bits per heavy atom. The van der Waals surface area contributed by atoms with Gasteiger partial charge in [-0.05, 0) is 90.7 Å². The van der Waals surface area contributed by atoms with Crippen molar-refractivity contribution in [3.8, 4) is 5.82 Å². The summed E-state index contributed by atoms with van der Waals surface area (Å²) in [5.74, 6) is 0.913. The Bertz CT molecular complexity index is 2860. The second-order valence-corrected chi connectivity index (χ2v) is 12.4. The molecule has 5 nitrogen and oxygen atoms in total. The number of para-hydroxylation sites is 5. The van der Waals surface area contributed by atoms with Gasteiger partial charge in [0.15, 0.2) is 0 Å². The Kier molecular flexibility index (Phi) is 5.72. The zero-order valence-electron chi connectivity index (χ0n) is 26.2. The maximum Gasteiger partial charge on any atom is 0.146 e. The van der Waals surface area contributed by atoms with Crippen LogP contribution in [-0.4, -0.2) is 18.9 Å². The summed E-state index contributed by atoms with van der Waals surface area (Å²) in [5.41, 5.74) is 10.9. The molecule has 6 aromatic carbocycles. The summed E-state index contributed by atoms with van der Waals surface area (Å²) in [4.78, 5) is 12.4. The average molecular weight is 616 g/mol. The van der Waals surface area contributed by atoms with Gasteiger partial charge in [0.05, 0.1) is 27.6 Å². The fourth-order valence-electron chi connectivity index (χ4n) is 7.45. The molecule has 4 heterocycles. The molecule has 0 amide bonds. The monoisotopic (exact) mass is 615 g/mol. The molecule has 10 aromatic rings. The van der Waals surface area contributed by atoms with E-state index in [1.54, 1.807) is 0 Å². The zero-order valence-corrected chi connectivity index (χ0v) is 26.2. The Balaban J connectivity index is 1.27. The number of benzene rings is 6. The van der Waals surface area contributed by atoms with Crippen molar-refractivity contribution in [3.05, 3.63) is 163 Å². The van der Waals surface area contributed by atoms with E-state index in [1.165, 1.54) is 27.1 Å². The van der Waals surface area contributed by atoms with Gasteiger partial charge in [-0.1, -0.05) is 78.9 Å². The quantitative estimate of drug-likeness (QED) is 0.185. The SMILES string of the molecule is Cc1ccnc(-n2c3ccccc3c3ccc(N(c4ccccc4)c4ccc5c6ccccc6n6c7ccccc7nc6c5c4)cc32)c1. The zero-order chi connectivity index (χ0) is 31.8. The van der Waals surface area contributed by atoms with Gasteiger partial charge < -0.3 is 4.90 Å². The maximum atomic E-state index is 5.19. The van der Waals surface area contributed by atoms with E-state index in [0.29, 0.717) is 0 Å². The Morgan fingerprint density at radius 3 is 1.94 bits per heavy atom. The van der Waals surface area contributed by atoms with E-state index in [4.69, 9.17) is 9.97 Å². The summed E-state index contributed by atoms with van der Waals surface area (Å²) < 4.78 is 4.60.